The van der Waals surface area contributed by atoms with Gasteiger partial charge in [0.1, 0.15) is 0 Å². The number of benzene rings is 1. The van der Waals surface area contributed by atoms with Crippen molar-refractivity contribution in [2.45, 2.75) is 71.1 Å². The summed E-state index contributed by atoms with van der Waals surface area (Å²) in [5, 5.41) is 0. The van der Waals surface area contributed by atoms with E-state index < -0.39 is 8.07 Å². The molecule has 3 aliphatic rings. The highest BCUT2D eigenvalue weighted by molar-refractivity contribution is 6.76. The summed E-state index contributed by atoms with van der Waals surface area (Å²) in [4.78, 5) is 2.85. The maximum atomic E-state index is 2.85. The van der Waals surface area contributed by atoms with Crippen LogP contribution in [0.15, 0.2) is 42.5 Å². The Morgan fingerprint density at radius 2 is 1.67 bits per heavy atom. The molecular weight excluding hydrogens is 342 g/mol. The maximum Gasteiger partial charge on any atom is 0.0665 e. The summed E-state index contributed by atoms with van der Waals surface area (Å²) in [5.41, 5.74) is 4.87. The second-order valence-electron chi connectivity index (χ2n) is 11.2. The number of hydrogen-bond donors (Lipinski definition) is 0. The Hall–Kier alpha value is -1.28. The van der Waals surface area contributed by atoms with E-state index in [0.29, 0.717) is 23.8 Å². The van der Waals surface area contributed by atoms with Crippen LogP contribution in [0.1, 0.15) is 51.2 Å². The predicted octanol–water partition coefficient (Wildman–Crippen LogP) is 6.53. The molecule has 4 rings (SSSR count). The molecule has 2 aliphatic carbocycles. The van der Waals surface area contributed by atoms with Gasteiger partial charge in [-0.3, -0.25) is 0 Å². The van der Waals surface area contributed by atoms with E-state index >= 15 is 0 Å². The van der Waals surface area contributed by atoms with Gasteiger partial charge in [0.2, 0.25) is 0 Å². The van der Waals surface area contributed by atoms with E-state index in [1.165, 1.54) is 18.2 Å². The van der Waals surface area contributed by atoms with Crippen LogP contribution in [-0.2, 0) is 5.41 Å². The summed E-state index contributed by atoms with van der Waals surface area (Å²) in [6.07, 6.45) is 12.2. The van der Waals surface area contributed by atoms with Crippen molar-refractivity contribution in [3.8, 4) is 0 Å². The lowest BCUT2D eigenvalue weighted by Crippen LogP contribution is -2.46. The van der Waals surface area contributed by atoms with Gasteiger partial charge in [0.05, 0.1) is 8.07 Å². The van der Waals surface area contributed by atoms with E-state index in [-0.39, 0.29) is 5.41 Å². The first-order chi connectivity index (χ1) is 12.6. The summed E-state index contributed by atoms with van der Waals surface area (Å²) in [7, 11) is -1.20. The van der Waals surface area contributed by atoms with Gasteiger partial charge >= 0.3 is 0 Å². The van der Waals surface area contributed by atoms with Crippen molar-refractivity contribution < 1.29 is 0 Å². The van der Waals surface area contributed by atoms with Crippen LogP contribution in [0.2, 0.25) is 19.6 Å². The molecule has 0 aromatic heterocycles. The summed E-state index contributed by atoms with van der Waals surface area (Å²) in [6, 6.07) is 8.10. The Morgan fingerprint density at radius 1 is 1.00 bits per heavy atom. The van der Waals surface area contributed by atoms with E-state index in [1.807, 2.05) is 0 Å². The van der Waals surface area contributed by atoms with Gasteiger partial charge in [0.25, 0.3) is 0 Å². The first-order valence-corrected chi connectivity index (χ1v) is 14.6. The molecule has 146 valence electrons. The molecule has 2 heteroatoms. The van der Waals surface area contributed by atoms with Crippen molar-refractivity contribution in [2.75, 3.05) is 11.1 Å². The molecule has 1 aliphatic heterocycles. The van der Waals surface area contributed by atoms with E-state index in [9.17, 15) is 0 Å². The molecule has 0 radical (unpaired) electrons. The standard InChI is InChI=1S/C25H37NSi/c1-8-18-19-11-9-10-12-20(19)23-21-15-17(25(2,3)4)13-14-22(21)26(24(18)23)16-27(5,6)7/h9-15,18-20,23-24H,8,16H2,1-7H3. The van der Waals surface area contributed by atoms with Gasteiger partial charge in [-0.2, -0.15) is 0 Å². The average Bonchev–Trinajstić information content (AvgIpc) is 3.06. The highest BCUT2D eigenvalue weighted by Crippen LogP contribution is 2.59. The third-order valence-corrected chi connectivity index (χ3v) is 8.27. The van der Waals surface area contributed by atoms with Crippen LogP contribution in [0.4, 0.5) is 5.69 Å². The van der Waals surface area contributed by atoms with Gasteiger partial charge in [-0.15, -0.1) is 0 Å². The lowest BCUT2D eigenvalue weighted by atomic mass is 9.79. The molecule has 0 bridgehead atoms. The minimum absolute atomic E-state index is 0.210. The second-order valence-corrected chi connectivity index (χ2v) is 16.7. The molecule has 0 saturated heterocycles. The van der Waals surface area contributed by atoms with E-state index in [1.54, 1.807) is 11.3 Å². The van der Waals surface area contributed by atoms with Crippen LogP contribution >= 0.6 is 0 Å². The molecular formula is C25H37NSi. The van der Waals surface area contributed by atoms with Gasteiger partial charge in [0, 0.05) is 23.8 Å². The molecule has 5 unspecified atom stereocenters. The normalized spacial score (nSPS) is 31.8. The SMILES string of the molecule is CCC1C2C=CC=CC2C2c3cc(C(C)(C)C)ccc3N(C[Si](C)(C)C)C12. The molecule has 0 N–H and O–H groups in total. The molecule has 5 atom stereocenters. The van der Waals surface area contributed by atoms with Crippen LogP contribution in [0.3, 0.4) is 0 Å². The largest absolute Gasteiger partial charge is 0.370 e. The molecule has 1 aromatic rings. The first kappa shape index (κ1) is 19.1. The maximum absolute atomic E-state index is 2.85. The van der Waals surface area contributed by atoms with Crippen LogP contribution in [-0.4, -0.2) is 20.3 Å². The van der Waals surface area contributed by atoms with Crippen molar-refractivity contribution >= 4 is 13.8 Å². The Balaban J connectivity index is 1.86. The Bertz CT molecular complexity index is 776. The molecule has 1 aromatic carbocycles. The van der Waals surface area contributed by atoms with Crippen LogP contribution in [0, 0.1) is 17.8 Å². The Kier molecular flexibility index (Phi) is 4.49. The summed E-state index contributed by atoms with van der Waals surface area (Å²) in [5.74, 6) is 2.81. The van der Waals surface area contributed by atoms with Crippen molar-refractivity contribution in [2.24, 2.45) is 17.8 Å². The third-order valence-electron chi connectivity index (χ3n) is 6.98. The predicted molar refractivity (Wildman–Crippen MR) is 121 cm³/mol. The summed E-state index contributed by atoms with van der Waals surface area (Å²) >= 11 is 0. The van der Waals surface area contributed by atoms with Crippen molar-refractivity contribution in [1.29, 1.82) is 0 Å². The van der Waals surface area contributed by atoms with Gasteiger partial charge in [-0.25, -0.2) is 0 Å². The minimum atomic E-state index is -1.20. The number of anilines is 1. The van der Waals surface area contributed by atoms with Crippen molar-refractivity contribution in [3.63, 3.8) is 0 Å². The molecule has 0 spiro atoms. The number of rotatable bonds is 3. The van der Waals surface area contributed by atoms with Gasteiger partial charge in [-0.1, -0.05) is 90.2 Å². The molecule has 1 heterocycles. The fourth-order valence-electron chi connectivity index (χ4n) is 5.89. The fourth-order valence-corrected chi connectivity index (χ4v) is 7.30. The molecule has 1 saturated carbocycles. The first-order valence-electron chi connectivity index (χ1n) is 10.9. The van der Waals surface area contributed by atoms with Crippen molar-refractivity contribution in [1.82, 2.24) is 0 Å². The summed E-state index contributed by atoms with van der Waals surface area (Å²) < 4.78 is 0. The molecule has 0 amide bonds. The zero-order valence-electron chi connectivity index (χ0n) is 18.3. The van der Waals surface area contributed by atoms with Gasteiger partial charge in [0.15, 0.2) is 0 Å². The lowest BCUT2D eigenvalue weighted by Gasteiger charge is -2.36. The zero-order valence-corrected chi connectivity index (χ0v) is 19.3. The fraction of sp³-hybridized carbons (Fsp3) is 0.600. The minimum Gasteiger partial charge on any atom is -0.370 e. The number of nitrogens with zero attached hydrogens (tertiary/aromatic N) is 1. The van der Waals surface area contributed by atoms with Gasteiger partial charge < -0.3 is 4.90 Å². The monoisotopic (exact) mass is 379 g/mol. The third kappa shape index (κ3) is 3.14. The second kappa shape index (κ2) is 6.37. The van der Waals surface area contributed by atoms with E-state index in [0.717, 1.165) is 5.92 Å². The number of hydrogen-bond acceptors (Lipinski definition) is 1. The zero-order chi connectivity index (χ0) is 19.6. The molecule has 1 nitrogen and oxygen atoms in total. The van der Waals surface area contributed by atoms with Crippen LogP contribution < -0.4 is 4.90 Å². The number of allylic oxidation sites excluding steroid dienone is 4. The smallest absolute Gasteiger partial charge is 0.0665 e. The van der Waals surface area contributed by atoms with Crippen LogP contribution in [0.25, 0.3) is 0 Å². The van der Waals surface area contributed by atoms with Gasteiger partial charge in [-0.05, 0) is 40.4 Å². The molecule has 1 fully saturated rings. The highest BCUT2D eigenvalue weighted by atomic mass is 28.3. The number of fused-ring (bicyclic) bond motifs is 5. The Labute approximate surface area is 167 Å². The summed E-state index contributed by atoms with van der Waals surface area (Å²) in [6.45, 7) is 17.0. The highest BCUT2D eigenvalue weighted by Gasteiger charge is 2.55. The van der Waals surface area contributed by atoms with Crippen LogP contribution in [0.5, 0.6) is 0 Å². The quantitative estimate of drug-likeness (QED) is 0.539. The van der Waals surface area contributed by atoms with Crippen molar-refractivity contribution in [3.05, 3.63) is 53.6 Å². The van der Waals surface area contributed by atoms with E-state index in [4.69, 9.17) is 0 Å². The average molecular weight is 380 g/mol. The topological polar surface area (TPSA) is 3.24 Å². The molecule has 27 heavy (non-hydrogen) atoms. The Morgan fingerprint density at radius 3 is 2.26 bits per heavy atom. The lowest BCUT2D eigenvalue weighted by molar-refractivity contribution is 0.376. The van der Waals surface area contributed by atoms with E-state index in [2.05, 4.69) is 94.7 Å².